The molecule has 5 rings (SSSR count). The number of nitrogens with one attached hydrogen (secondary N) is 1. The molecule has 4 nitrogen and oxygen atoms in total. The maximum absolute atomic E-state index is 5.55. The average molecular weight is 327 g/mol. The fraction of sp³-hybridized carbons (Fsp3) is 0.143. The van der Waals surface area contributed by atoms with E-state index in [-0.39, 0.29) is 0 Å². The van der Waals surface area contributed by atoms with E-state index in [4.69, 9.17) is 9.52 Å². The molecule has 0 saturated carbocycles. The van der Waals surface area contributed by atoms with E-state index in [2.05, 4.69) is 46.5 Å². The lowest BCUT2D eigenvalue weighted by Gasteiger charge is -2.14. The fourth-order valence-corrected chi connectivity index (χ4v) is 3.67. The van der Waals surface area contributed by atoms with Crippen molar-refractivity contribution in [3.05, 3.63) is 77.2 Å². The van der Waals surface area contributed by atoms with Crippen molar-refractivity contribution >= 4 is 16.6 Å². The van der Waals surface area contributed by atoms with Gasteiger partial charge in [-0.05, 0) is 25.0 Å². The topological polar surface area (TPSA) is 54.2 Å². The van der Waals surface area contributed by atoms with Crippen LogP contribution in [0.5, 0.6) is 0 Å². The van der Waals surface area contributed by atoms with Crippen LogP contribution in [-0.2, 0) is 6.42 Å². The Labute approximate surface area is 145 Å². The summed E-state index contributed by atoms with van der Waals surface area (Å²) in [5.41, 5.74) is 7.41. The summed E-state index contributed by atoms with van der Waals surface area (Å²) >= 11 is 0. The minimum absolute atomic E-state index is 0.781. The van der Waals surface area contributed by atoms with Gasteiger partial charge in [0.1, 0.15) is 11.5 Å². The van der Waals surface area contributed by atoms with Crippen LogP contribution in [0.3, 0.4) is 0 Å². The number of nitrogens with zero attached hydrogens (tertiary/aromatic N) is 2. The highest BCUT2D eigenvalue weighted by Gasteiger charge is 2.27. The molecule has 122 valence electrons. The minimum Gasteiger partial charge on any atom is -0.360 e. The zero-order valence-electron chi connectivity index (χ0n) is 13.9. The summed E-state index contributed by atoms with van der Waals surface area (Å²) < 4.78 is 5.55. The second kappa shape index (κ2) is 5.45. The summed E-state index contributed by atoms with van der Waals surface area (Å²) in [6.07, 6.45) is 0.952. The maximum Gasteiger partial charge on any atom is 0.143 e. The van der Waals surface area contributed by atoms with Gasteiger partial charge in [-0.15, -0.1) is 0 Å². The van der Waals surface area contributed by atoms with Crippen molar-refractivity contribution < 1.29 is 4.52 Å². The number of aliphatic imine (C=N–C) groups is 1. The molecule has 0 saturated heterocycles. The standard InChI is InChI=1S/C21H17N3O/c1-13-18(19(24-25-13)14-7-3-2-4-8-14)21-20-16(11-12-22-21)15-9-5-6-10-17(15)23-20/h2-10,23H,11-12H2,1H3. The van der Waals surface area contributed by atoms with Crippen LogP contribution in [0.2, 0.25) is 0 Å². The van der Waals surface area contributed by atoms with Gasteiger partial charge in [-0.3, -0.25) is 4.99 Å². The van der Waals surface area contributed by atoms with E-state index in [1.807, 2.05) is 25.1 Å². The number of H-pyrrole nitrogens is 1. The van der Waals surface area contributed by atoms with Crippen LogP contribution in [0.4, 0.5) is 0 Å². The van der Waals surface area contributed by atoms with Crippen molar-refractivity contribution in [1.29, 1.82) is 0 Å². The molecule has 0 fully saturated rings. The third-order valence-corrected chi connectivity index (χ3v) is 4.83. The first-order valence-electron chi connectivity index (χ1n) is 8.49. The van der Waals surface area contributed by atoms with Gasteiger partial charge in [-0.2, -0.15) is 0 Å². The Morgan fingerprint density at radius 1 is 1.00 bits per heavy atom. The molecule has 0 spiro atoms. The second-order valence-electron chi connectivity index (χ2n) is 6.33. The van der Waals surface area contributed by atoms with E-state index in [9.17, 15) is 0 Å². The molecule has 3 heterocycles. The van der Waals surface area contributed by atoms with Gasteiger partial charge in [-0.1, -0.05) is 53.7 Å². The van der Waals surface area contributed by atoms with Crippen LogP contribution in [-0.4, -0.2) is 22.4 Å². The van der Waals surface area contributed by atoms with Crippen molar-refractivity contribution in [3.8, 4) is 11.3 Å². The smallest absolute Gasteiger partial charge is 0.143 e. The highest BCUT2D eigenvalue weighted by molar-refractivity contribution is 6.18. The Balaban J connectivity index is 1.74. The van der Waals surface area contributed by atoms with Gasteiger partial charge in [0.15, 0.2) is 0 Å². The van der Waals surface area contributed by atoms with Crippen LogP contribution < -0.4 is 0 Å². The Hall–Kier alpha value is -3.14. The lowest BCUT2D eigenvalue weighted by atomic mass is 9.95. The van der Waals surface area contributed by atoms with Crippen molar-refractivity contribution in [2.45, 2.75) is 13.3 Å². The lowest BCUT2D eigenvalue weighted by Crippen LogP contribution is -2.15. The first-order chi connectivity index (χ1) is 12.3. The number of hydrogen-bond acceptors (Lipinski definition) is 3. The van der Waals surface area contributed by atoms with E-state index >= 15 is 0 Å². The van der Waals surface area contributed by atoms with Crippen molar-refractivity contribution in [2.75, 3.05) is 6.54 Å². The number of rotatable bonds is 2. The highest BCUT2D eigenvalue weighted by atomic mass is 16.5. The van der Waals surface area contributed by atoms with Crippen LogP contribution in [0, 0.1) is 6.92 Å². The monoisotopic (exact) mass is 327 g/mol. The number of aromatic nitrogens is 2. The molecule has 0 unspecified atom stereocenters. The minimum atomic E-state index is 0.781. The van der Waals surface area contributed by atoms with E-state index in [1.165, 1.54) is 10.9 Å². The molecular weight excluding hydrogens is 310 g/mol. The molecule has 0 radical (unpaired) electrons. The van der Waals surface area contributed by atoms with Gasteiger partial charge in [-0.25, -0.2) is 0 Å². The SMILES string of the molecule is Cc1onc(-c2ccccc2)c1C1=NCCc2c1[nH]c1ccccc21. The molecular formula is C21H17N3O. The highest BCUT2D eigenvalue weighted by Crippen LogP contribution is 2.33. The summed E-state index contributed by atoms with van der Waals surface area (Å²) in [7, 11) is 0. The van der Waals surface area contributed by atoms with Crippen molar-refractivity contribution in [3.63, 3.8) is 0 Å². The quantitative estimate of drug-likeness (QED) is 0.588. The maximum atomic E-state index is 5.55. The van der Waals surface area contributed by atoms with E-state index in [1.54, 1.807) is 0 Å². The zero-order chi connectivity index (χ0) is 16.8. The number of para-hydroxylation sites is 1. The van der Waals surface area contributed by atoms with Crippen molar-refractivity contribution in [2.24, 2.45) is 4.99 Å². The fourth-order valence-electron chi connectivity index (χ4n) is 3.67. The number of aryl methyl sites for hydroxylation is 1. The first-order valence-corrected chi connectivity index (χ1v) is 8.49. The molecule has 25 heavy (non-hydrogen) atoms. The molecule has 2 aromatic carbocycles. The second-order valence-corrected chi connectivity index (χ2v) is 6.33. The molecule has 4 heteroatoms. The number of benzene rings is 2. The number of fused-ring (bicyclic) bond motifs is 3. The normalized spacial score (nSPS) is 13.7. The van der Waals surface area contributed by atoms with E-state index in [0.717, 1.165) is 52.5 Å². The van der Waals surface area contributed by atoms with Gasteiger partial charge < -0.3 is 9.51 Å². The van der Waals surface area contributed by atoms with E-state index < -0.39 is 0 Å². The molecule has 1 N–H and O–H groups in total. The zero-order valence-corrected chi connectivity index (χ0v) is 13.9. The molecule has 0 bridgehead atoms. The molecule has 0 atom stereocenters. The van der Waals surface area contributed by atoms with Gasteiger partial charge >= 0.3 is 0 Å². The van der Waals surface area contributed by atoms with Gasteiger partial charge in [0.2, 0.25) is 0 Å². The summed E-state index contributed by atoms with van der Waals surface area (Å²) in [5.74, 6) is 0.795. The average Bonchev–Trinajstić information content (AvgIpc) is 3.23. The Kier molecular flexibility index (Phi) is 3.10. The molecule has 1 aliphatic rings. The molecule has 4 aromatic rings. The Morgan fingerprint density at radius 3 is 2.68 bits per heavy atom. The lowest BCUT2D eigenvalue weighted by molar-refractivity contribution is 0.399. The predicted octanol–water partition coefficient (Wildman–Crippen LogP) is 4.52. The Bertz CT molecular complexity index is 1100. The largest absolute Gasteiger partial charge is 0.360 e. The Morgan fingerprint density at radius 2 is 1.80 bits per heavy atom. The molecule has 1 aliphatic heterocycles. The van der Waals surface area contributed by atoms with E-state index in [0.29, 0.717) is 0 Å². The van der Waals surface area contributed by atoms with Gasteiger partial charge in [0.25, 0.3) is 0 Å². The molecule has 0 amide bonds. The molecule has 0 aliphatic carbocycles. The van der Waals surface area contributed by atoms with Crippen LogP contribution >= 0.6 is 0 Å². The predicted molar refractivity (Wildman–Crippen MR) is 99.2 cm³/mol. The van der Waals surface area contributed by atoms with Crippen LogP contribution in [0.1, 0.15) is 22.6 Å². The van der Waals surface area contributed by atoms with Crippen molar-refractivity contribution in [1.82, 2.24) is 10.1 Å². The summed E-state index contributed by atoms with van der Waals surface area (Å²) in [6, 6.07) is 18.6. The summed E-state index contributed by atoms with van der Waals surface area (Å²) in [6.45, 7) is 2.73. The van der Waals surface area contributed by atoms with Crippen LogP contribution in [0.25, 0.3) is 22.2 Å². The summed E-state index contributed by atoms with van der Waals surface area (Å²) in [4.78, 5) is 8.40. The van der Waals surface area contributed by atoms with Gasteiger partial charge in [0.05, 0.1) is 17.0 Å². The van der Waals surface area contributed by atoms with Crippen LogP contribution in [0.15, 0.2) is 64.1 Å². The first kappa shape index (κ1) is 14.2. The summed E-state index contributed by atoms with van der Waals surface area (Å²) in [5, 5.41) is 5.60. The third kappa shape index (κ3) is 2.14. The number of aromatic amines is 1. The number of hydrogen-bond donors (Lipinski definition) is 1. The molecule has 2 aromatic heterocycles. The third-order valence-electron chi connectivity index (χ3n) is 4.83. The van der Waals surface area contributed by atoms with Gasteiger partial charge in [0, 0.05) is 23.0 Å².